The van der Waals surface area contributed by atoms with Crippen LogP contribution in [0.1, 0.15) is 35.2 Å². The molecule has 33 heavy (non-hydrogen) atoms. The van der Waals surface area contributed by atoms with Crippen molar-refractivity contribution >= 4 is 56.7 Å². The number of ether oxygens (including phenoxy) is 1. The molecule has 176 valence electrons. The molecule has 3 heterocycles. The van der Waals surface area contributed by atoms with Gasteiger partial charge in [-0.2, -0.15) is 8.75 Å². The van der Waals surface area contributed by atoms with Gasteiger partial charge in [0.25, 0.3) is 0 Å². The monoisotopic (exact) mass is 508 g/mol. The van der Waals surface area contributed by atoms with Gasteiger partial charge < -0.3 is 9.64 Å². The number of hydrogen-bond acceptors (Lipinski definition) is 8. The minimum atomic E-state index is -3.40. The Morgan fingerprint density at radius 3 is 2.64 bits per heavy atom. The predicted molar refractivity (Wildman–Crippen MR) is 131 cm³/mol. The van der Waals surface area contributed by atoms with Gasteiger partial charge in [0.2, 0.25) is 10.0 Å². The van der Waals surface area contributed by atoms with Gasteiger partial charge >= 0.3 is 0 Å². The smallest absolute Gasteiger partial charge is 0.229 e. The fourth-order valence-electron chi connectivity index (χ4n) is 4.51. The summed E-state index contributed by atoms with van der Waals surface area (Å²) in [6.07, 6.45) is 3.93. The van der Waals surface area contributed by atoms with Crippen molar-refractivity contribution < 1.29 is 17.9 Å². The third-order valence-corrected chi connectivity index (χ3v) is 7.36. The first kappa shape index (κ1) is 23.9. The van der Waals surface area contributed by atoms with Crippen molar-refractivity contribution in [1.29, 1.82) is 0 Å². The van der Waals surface area contributed by atoms with Crippen LogP contribution in [-0.2, 0) is 16.4 Å². The third-order valence-electron chi connectivity index (χ3n) is 6.19. The summed E-state index contributed by atoms with van der Waals surface area (Å²) >= 11 is 1.24. The molecule has 0 amide bonds. The second-order valence-corrected chi connectivity index (χ2v) is 10.9. The summed E-state index contributed by atoms with van der Waals surface area (Å²) in [6.45, 7) is 2.69. The molecule has 0 atom stereocenters. The maximum absolute atomic E-state index is 12.9. The van der Waals surface area contributed by atoms with E-state index in [4.69, 9.17) is 4.74 Å². The number of benzene rings is 2. The second-order valence-electron chi connectivity index (χ2n) is 8.65. The second kappa shape index (κ2) is 9.17. The van der Waals surface area contributed by atoms with Gasteiger partial charge in [-0.05, 0) is 42.3 Å². The number of ketones is 1. The van der Waals surface area contributed by atoms with Crippen molar-refractivity contribution in [3.63, 3.8) is 0 Å². The number of hydrogen-bond donors (Lipinski definition) is 1. The molecule has 2 aliphatic heterocycles. The summed E-state index contributed by atoms with van der Waals surface area (Å²) in [4.78, 5) is 15.3. The summed E-state index contributed by atoms with van der Waals surface area (Å²) in [5.41, 5.74) is 3.49. The molecule has 5 rings (SSSR count). The molecule has 0 radical (unpaired) electrons. The first-order valence-electron chi connectivity index (χ1n) is 10.6. The average molecular weight is 509 g/mol. The van der Waals surface area contributed by atoms with Crippen LogP contribution in [0.3, 0.4) is 0 Å². The van der Waals surface area contributed by atoms with Crippen LogP contribution in [0.25, 0.3) is 11.0 Å². The highest BCUT2D eigenvalue weighted by atomic mass is 35.5. The van der Waals surface area contributed by atoms with E-state index in [2.05, 4.69) is 30.5 Å². The fraction of sp³-hybridized carbons (Fsp3) is 0.409. The number of sulfonamides is 1. The molecule has 2 aromatic carbocycles. The lowest BCUT2D eigenvalue weighted by molar-refractivity contribution is -0.00864. The van der Waals surface area contributed by atoms with Gasteiger partial charge in [0.15, 0.2) is 5.78 Å². The van der Waals surface area contributed by atoms with Crippen molar-refractivity contribution in [2.75, 3.05) is 30.6 Å². The molecule has 1 saturated heterocycles. The number of carbonyl (C=O) groups excluding carboxylic acids is 1. The Morgan fingerprint density at radius 2 is 1.88 bits per heavy atom. The molecule has 3 aromatic rings. The first-order valence-corrected chi connectivity index (χ1v) is 13.2. The van der Waals surface area contributed by atoms with Gasteiger partial charge in [-0.1, -0.05) is 6.07 Å². The van der Waals surface area contributed by atoms with E-state index in [1.54, 1.807) is 18.2 Å². The molecule has 0 bridgehead atoms. The summed E-state index contributed by atoms with van der Waals surface area (Å²) in [5, 5.41) is 0. The molecule has 0 saturated carbocycles. The Bertz CT molecular complexity index is 1290. The van der Waals surface area contributed by atoms with Crippen LogP contribution in [-0.4, -0.2) is 59.3 Å². The van der Waals surface area contributed by atoms with Crippen LogP contribution in [0, 0.1) is 0 Å². The highest BCUT2D eigenvalue weighted by Gasteiger charge is 2.42. The maximum atomic E-state index is 12.9. The minimum Gasteiger partial charge on any atom is -0.486 e. The van der Waals surface area contributed by atoms with E-state index in [9.17, 15) is 13.2 Å². The van der Waals surface area contributed by atoms with Gasteiger partial charge in [0.1, 0.15) is 22.4 Å². The SMILES string of the molecule is CS(=O)(=O)Nc1ccc2c(c1)C(=O)CC1(CCN(CCc3ccc4nsnc4c3)CC1)O2.Cl. The number of likely N-dealkylation sites (tertiary alicyclic amines) is 1. The molecule has 0 unspecified atom stereocenters. The summed E-state index contributed by atoms with van der Waals surface area (Å²) in [5.74, 6) is 0.543. The van der Waals surface area contributed by atoms with Gasteiger partial charge in [0, 0.05) is 38.2 Å². The van der Waals surface area contributed by atoms with Crippen LogP contribution >= 0.6 is 24.1 Å². The van der Waals surface area contributed by atoms with Crippen molar-refractivity contribution in [3.8, 4) is 5.75 Å². The molecule has 8 nitrogen and oxygen atoms in total. The quantitative estimate of drug-likeness (QED) is 0.562. The summed E-state index contributed by atoms with van der Waals surface area (Å²) in [7, 11) is -3.40. The van der Waals surface area contributed by atoms with Crippen molar-refractivity contribution in [3.05, 3.63) is 47.5 Å². The highest BCUT2D eigenvalue weighted by molar-refractivity contribution is 7.92. The van der Waals surface area contributed by atoms with Gasteiger partial charge in [-0.3, -0.25) is 9.52 Å². The van der Waals surface area contributed by atoms with Crippen molar-refractivity contribution in [2.24, 2.45) is 0 Å². The summed E-state index contributed by atoms with van der Waals surface area (Å²) in [6, 6.07) is 11.1. The standard InChI is InChI=1S/C22H24N4O4S2.ClH/c1-32(28,29)25-16-3-5-21-17(13-16)20(27)14-22(30-21)7-10-26(11-8-22)9-6-15-2-4-18-19(12-15)24-31-23-18;/h2-5,12-13,25H,6-11,14H2,1H3;1H. The molecule has 1 N–H and O–H groups in total. The van der Waals surface area contributed by atoms with Gasteiger partial charge in [-0.25, -0.2) is 8.42 Å². The Labute approximate surface area is 203 Å². The molecule has 11 heteroatoms. The zero-order valence-corrected chi connectivity index (χ0v) is 20.6. The van der Waals surface area contributed by atoms with Crippen LogP contribution in [0.5, 0.6) is 5.75 Å². The van der Waals surface area contributed by atoms with Gasteiger partial charge in [0.05, 0.1) is 30.0 Å². The van der Waals surface area contributed by atoms with Crippen LogP contribution in [0.4, 0.5) is 5.69 Å². The average Bonchev–Trinajstić information content (AvgIpc) is 3.21. The number of carbonyl (C=O) groups is 1. The Hall–Kier alpha value is -2.27. The molecule has 2 aliphatic rings. The molecule has 0 aliphatic carbocycles. The van der Waals surface area contributed by atoms with E-state index in [0.29, 0.717) is 23.4 Å². The maximum Gasteiger partial charge on any atom is 0.229 e. The lowest BCUT2D eigenvalue weighted by atomic mass is 9.82. The Balaban J connectivity index is 0.00000259. The number of aromatic nitrogens is 2. The minimum absolute atomic E-state index is 0. The first-order chi connectivity index (χ1) is 15.3. The lowest BCUT2D eigenvalue weighted by Gasteiger charge is -2.44. The number of piperidine rings is 1. The third kappa shape index (κ3) is 5.29. The Kier molecular flexibility index (Phi) is 6.63. The van der Waals surface area contributed by atoms with E-state index in [-0.39, 0.29) is 18.2 Å². The highest BCUT2D eigenvalue weighted by Crippen LogP contribution is 2.40. The Morgan fingerprint density at radius 1 is 1.12 bits per heavy atom. The van der Waals surface area contributed by atoms with E-state index in [1.807, 2.05) is 6.07 Å². The molecule has 1 fully saturated rings. The normalized spacial score (nSPS) is 17.9. The predicted octanol–water partition coefficient (Wildman–Crippen LogP) is 3.53. The topological polar surface area (TPSA) is 101 Å². The van der Waals surface area contributed by atoms with Gasteiger partial charge in [-0.15, -0.1) is 12.4 Å². The van der Waals surface area contributed by atoms with E-state index in [0.717, 1.165) is 56.2 Å². The van der Waals surface area contributed by atoms with E-state index >= 15 is 0 Å². The van der Waals surface area contributed by atoms with E-state index < -0.39 is 15.6 Å². The zero-order chi connectivity index (χ0) is 22.3. The molecular weight excluding hydrogens is 484 g/mol. The van der Waals surface area contributed by atoms with Crippen LogP contribution in [0.2, 0.25) is 0 Å². The molecule has 1 spiro atoms. The number of nitrogens with one attached hydrogen (secondary N) is 1. The van der Waals surface area contributed by atoms with E-state index in [1.165, 1.54) is 17.3 Å². The number of rotatable bonds is 5. The number of anilines is 1. The molecular formula is C22H25ClN4O4S2. The largest absolute Gasteiger partial charge is 0.486 e. The van der Waals surface area contributed by atoms with Crippen LogP contribution in [0.15, 0.2) is 36.4 Å². The molecule has 1 aromatic heterocycles. The fourth-order valence-corrected chi connectivity index (χ4v) is 5.58. The number of nitrogens with zero attached hydrogens (tertiary/aromatic N) is 3. The summed E-state index contributed by atoms with van der Waals surface area (Å²) < 4.78 is 40.3. The van der Waals surface area contributed by atoms with Crippen LogP contribution < -0.4 is 9.46 Å². The van der Waals surface area contributed by atoms with Crippen molar-refractivity contribution in [1.82, 2.24) is 13.6 Å². The number of Topliss-reactive ketones (excluding diaryl/α,β-unsaturated/α-hetero) is 1. The zero-order valence-electron chi connectivity index (χ0n) is 18.1. The number of fused-ring (bicyclic) bond motifs is 2. The lowest BCUT2D eigenvalue weighted by Crippen LogP contribution is -2.51. The van der Waals surface area contributed by atoms with Crippen molar-refractivity contribution in [2.45, 2.75) is 31.3 Å². The number of halogens is 1.